The molecule has 0 aliphatic carbocycles. The van der Waals surface area contributed by atoms with Crippen LogP contribution in [0.15, 0.2) is 28.7 Å². The van der Waals surface area contributed by atoms with Crippen molar-refractivity contribution in [3.05, 3.63) is 30.0 Å². The van der Waals surface area contributed by atoms with Gasteiger partial charge in [0.1, 0.15) is 5.58 Å². The molecule has 1 aromatic carbocycles. The monoisotopic (exact) mass is 260 g/mol. The molecule has 0 aliphatic heterocycles. The summed E-state index contributed by atoms with van der Waals surface area (Å²) in [6, 6.07) is 7.07. The molecular weight excluding hydrogens is 240 g/mol. The summed E-state index contributed by atoms with van der Waals surface area (Å²) in [5, 5.41) is 3.87. The molecule has 19 heavy (non-hydrogen) atoms. The molecule has 2 rings (SSSR count). The molecule has 0 saturated carbocycles. The second-order valence-corrected chi connectivity index (χ2v) is 5.13. The first kappa shape index (κ1) is 13.5. The highest BCUT2D eigenvalue weighted by atomic mass is 16.3. The fourth-order valence-electron chi connectivity index (χ4n) is 1.94. The number of carbonyl (C=O) groups is 1. The Hall–Kier alpha value is -1.97. The first-order chi connectivity index (χ1) is 8.97. The SMILES string of the molecule is CCC(C)(CC)NC(=O)c1cc2cc(N)ccc2o1. The second-order valence-electron chi connectivity index (χ2n) is 5.13. The molecular formula is C15H20N2O2. The number of hydrogen-bond donors (Lipinski definition) is 2. The molecule has 0 unspecified atom stereocenters. The van der Waals surface area contributed by atoms with Gasteiger partial charge in [-0.1, -0.05) is 13.8 Å². The van der Waals surface area contributed by atoms with Crippen molar-refractivity contribution < 1.29 is 9.21 Å². The van der Waals surface area contributed by atoms with Crippen LogP contribution in [0.3, 0.4) is 0 Å². The minimum atomic E-state index is -0.199. The van der Waals surface area contributed by atoms with Gasteiger partial charge < -0.3 is 15.5 Å². The summed E-state index contributed by atoms with van der Waals surface area (Å²) in [4.78, 5) is 12.2. The number of nitrogens with two attached hydrogens (primary N) is 1. The quantitative estimate of drug-likeness (QED) is 0.828. The zero-order valence-electron chi connectivity index (χ0n) is 11.6. The van der Waals surface area contributed by atoms with Crippen LogP contribution in [-0.2, 0) is 0 Å². The zero-order chi connectivity index (χ0) is 14.0. The first-order valence-electron chi connectivity index (χ1n) is 6.59. The fourth-order valence-corrected chi connectivity index (χ4v) is 1.94. The van der Waals surface area contributed by atoms with Gasteiger partial charge in [0.05, 0.1) is 0 Å². The van der Waals surface area contributed by atoms with Crippen molar-refractivity contribution in [3.63, 3.8) is 0 Å². The normalized spacial score (nSPS) is 11.7. The van der Waals surface area contributed by atoms with E-state index in [0.717, 1.165) is 18.2 Å². The van der Waals surface area contributed by atoms with E-state index in [-0.39, 0.29) is 11.4 Å². The third-order valence-corrected chi connectivity index (χ3v) is 3.74. The highest BCUT2D eigenvalue weighted by Crippen LogP contribution is 2.23. The Kier molecular flexibility index (Phi) is 3.51. The van der Waals surface area contributed by atoms with E-state index in [1.165, 1.54) is 0 Å². The Morgan fingerprint density at radius 2 is 2.00 bits per heavy atom. The van der Waals surface area contributed by atoms with Crippen molar-refractivity contribution >= 4 is 22.6 Å². The van der Waals surface area contributed by atoms with Gasteiger partial charge >= 0.3 is 0 Å². The minimum Gasteiger partial charge on any atom is -0.451 e. The smallest absolute Gasteiger partial charge is 0.287 e. The van der Waals surface area contributed by atoms with Crippen LogP contribution >= 0.6 is 0 Å². The number of amides is 1. The first-order valence-corrected chi connectivity index (χ1v) is 6.59. The summed E-state index contributed by atoms with van der Waals surface area (Å²) < 4.78 is 5.55. The lowest BCUT2D eigenvalue weighted by Gasteiger charge is -2.27. The largest absolute Gasteiger partial charge is 0.451 e. The summed E-state index contributed by atoms with van der Waals surface area (Å²) in [5.74, 6) is 0.148. The van der Waals surface area contributed by atoms with Crippen molar-refractivity contribution in [2.24, 2.45) is 0 Å². The van der Waals surface area contributed by atoms with Crippen molar-refractivity contribution in [3.8, 4) is 0 Å². The third kappa shape index (κ3) is 2.72. The number of benzene rings is 1. The van der Waals surface area contributed by atoms with Crippen molar-refractivity contribution in [2.45, 2.75) is 39.2 Å². The molecule has 0 fully saturated rings. The molecule has 1 aromatic heterocycles. The molecule has 1 heterocycles. The van der Waals surface area contributed by atoms with Crippen LogP contribution < -0.4 is 11.1 Å². The van der Waals surface area contributed by atoms with Gasteiger partial charge in [-0.3, -0.25) is 4.79 Å². The van der Waals surface area contributed by atoms with Crippen LogP contribution in [-0.4, -0.2) is 11.4 Å². The van der Waals surface area contributed by atoms with Gasteiger partial charge in [-0.15, -0.1) is 0 Å². The maximum absolute atomic E-state index is 12.2. The van der Waals surface area contributed by atoms with Gasteiger partial charge in [0.15, 0.2) is 5.76 Å². The number of carbonyl (C=O) groups excluding carboxylic acids is 1. The zero-order valence-corrected chi connectivity index (χ0v) is 11.6. The summed E-state index contributed by atoms with van der Waals surface area (Å²) in [7, 11) is 0. The van der Waals surface area contributed by atoms with Crippen LogP contribution in [0.1, 0.15) is 44.2 Å². The number of nitrogen functional groups attached to an aromatic ring is 1. The Morgan fingerprint density at radius 1 is 1.32 bits per heavy atom. The molecule has 0 radical (unpaired) electrons. The maximum atomic E-state index is 12.2. The molecule has 1 amide bonds. The number of rotatable bonds is 4. The number of anilines is 1. The van der Waals surface area contributed by atoms with Gasteiger partial charge in [0.2, 0.25) is 0 Å². The molecule has 0 bridgehead atoms. The van der Waals surface area contributed by atoms with Crippen LogP contribution in [0.2, 0.25) is 0 Å². The van der Waals surface area contributed by atoms with Crippen molar-refractivity contribution in [1.82, 2.24) is 5.32 Å². The van der Waals surface area contributed by atoms with Gasteiger partial charge in [0, 0.05) is 16.6 Å². The topological polar surface area (TPSA) is 68.3 Å². The predicted molar refractivity (Wildman–Crippen MR) is 77.1 cm³/mol. The highest BCUT2D eigenvalue weighted by molar-refractivity contribution is 5.97. The van der Waals surface area contributed by atoms with E-state index >= 15 is 0 Å². The molecule has 0 aliphatic rings. The molecule has 2 aromatic rings. The number of fused-ring (bicyclic) bond motifs is 1. The summed E-state index contributed by atoms with van der Waals surface area (Å²) in [6.07, 6.45) is 1.75. The lowest BCUT2D eigenvalue weighted by molar-refractivity contribution is 0.0874. The summed E-state index contributed by atoms with van der Waals surface area (Å²) in [6.45, 7) is 6.15. The number of furan rings is 1. The number of nitrogens with one attached hydrogen (secondary N) is 1. The van der Waals surface area contributed by atoms with Gasteiger partial charge in [-0.25, -0.2) is 0 Å². The van der Waals surface area contributed by atoms with E-state index in [9.17, 15) is 4.79 Å². The molecule has 4 nitrogen and oxygen atoms in total. The minimum absolute atomic E-state index is 0.180. The number of hydrogen-bond acceptors (Lipinski definition) is 3. The van der Waals surface area contributed by atoms with Crippen LogP contribution in [0.4, 0.5) is 5.69 Å². The highest BCUT2D eigenvalue weighted by Gasteiger charge is 2.24. The predicted octanol–water partition coefficient (Wildman–Crippen LogP) is 3.32. The maximum Gasteiger partial charge on any atom is 0.287 e. The summed E-state index contributed by atoms with van der Waals surface area (Å²) >= 11 is 0. The van der Waals surface area contributed by atoms with Gasteiger partial charge in [0.25, 0.3) is 5.91 Å². The average Bonchev–Trinajstić information content (AvgIpc) is 2.81. The molecule has 3 N–H and O–H groups in total. The van der Waals surface area contributed by atoms with Crippen LogP contribution in [0.5, 0.6) is 0 Å². The second kappa shape index (κ2) is 4.96. The van der Waals surface area contributed by atoms with E-state index in [0.29, 0.717) is 17.0 Å². The van der Waals surface area contributed by atoms with E-state index in [1.54, 1.807) is 24.3 Å². The van der Waals surface area contributed by atoms with Crippen molar-refractivity contribution in [2.75, 3.05) is 5.73 Å². The molecule has 0 spiro atoms. The lowest BCUT2D eigenvalue weighted by atomic mass is 9.95. The molecule has 102 valence electrons. The van der Waals surface area contributed by atoms with Crippen LogP contribution in [0, 0.1) is 0 Å². The lowest BCUT2D eigenvalue weighted by Crippen LogP contribution is -2.44. The Balaban J connectivity index is 2.27. The molecule has 0 saturated heterocycles. The third-order valence-electron chi connectivity index (χ3n) is 3.74. The Bertz CT molecular complexity index is 597. The molecule has 4 heteroatoms. The fraction of sp³-hybridized carbons (Fsp3) is 0.400. The Morgan fingerprint density at radius 3 is 2.63 bits per heavy atom. The standard InChI is InChI=1S/C15H20N2O2/c1-4-15(3,5-2)17-14(18)13-9-10-8-11(16)6-7-12(10)19-13/h6-9H,4-5,16H2,1-3H3,(H,17,18). The van der Waals surface area contributed by atoms with Gasteiger partial charge in [-0.2, -0.15) is 0 Å². The van der Waals surface area contributed by atoms with E-state index in [2.05, 4.69) is 19.2 Å². The van der Waals surface area contributed by atoms with Crippen molar-refractivity contribution in [1.29, 1.82) is 0 Å². The van der Waals surface area contributed by atoms with E-state index in [1.807, 2.05) is 6.92 Å². The van der Waals surface area contributed by atoms with E-state index < -0.39 is 0 Å². The average molecular weight is 260 g/mol. The van der Waals surface area contributed by atoms with Gasteiger partial charge in [-0.05, 0) is 44.0 Å². The van der Waals surface area contributed by atoms with E-state index in [4.69, 9.17) is 10.2 Å². The van der Waals surface area contributed by atoms with Crippen LogP contribution in [0.25, 0.3) is 11.0 Å². The molecule has 0 atom stereocenters. The Labute approximate surface area is 113 Å². The summed E-state index contributed by atoms with van der Waals surface area (Å²) in [5.41, 5.74) is 6.85.